The number of hydrogen-bond donors (Lipinski definition) is 0. The van der Waals surface area contributed by atoms with Gasteiger partial charge in [-0.25, -0.2) is 4.79 Å². The number of ether oxygens (including phenoxy) is 3. The van der Waals surface area contributed by atoms with E-state index in [1.165, 1.54) is 12.0 Å². The van der Waals surface area contributed by atoms with Crippen molar-refractivity contribution in [2.24, 2.45) is 11.3 Å². The van der Waals surface area contributed by atoms with Crippen molar-refractivity contribution in [2.75, 3.05) is 20.3 Å². The summed E-state index contributed by atoms with van der Waals surface area (Å²) in [6.07, 6.45) is -0.553. The van der Waals surface area contributed by atoms with Crippen molar-refractivity contribution in [3.8, 4) is 0 Å². The van der Waals surface area contributed by atoms with Crippen LogP contribution in [-0.4, -0.2) is 54.8 Å². The second kappa shape index (κ2) is 5.53. The maximum Gasteiger partial charge on any atom is 0.334 e. The van der Waals surface area contributed by atoms with Crippen LogP contribution >= 0.6 is 0 Å². The highest BCUT2D eigenvalue weighted by Gasteiger charge is 2.66. The van der Waals surface area contributed by atoms with E-state index in [1.807, 2.05) is 20.8 Å². The van der Waals surface area contributed by atoms with Gasteiger partial charge in [-0.3, -0.25) is 14.5 Å². The van der Waals surface area contributed by atoms with Gasteiger partial charge in [0.1, 0.15) is 12.1 Å². The molecule has 2 saturated heterocycles. The minimum atomic E-state index is -1.23. The normalized spacial score (nSPS) is 31.1. The van der Waals surface area contributed by atoms with Crippen molar-refractivity contribution in [3.05, 3.63) is 0 Å². The summed E-state index contributed by atoms with van der Waals surface area (Å²) in [5.74, 6) is -2.56. The van der Waals surface area contributed by atoms with E-state index in [4.69, 9.17) is 14.2 Å². The van der Waals surface area contributed by atoms with Crippen LogP contribution in [0.1, 0.15) is 34.1 Å². The minimum absolute atomic E-state index is 0.0310. The summed E-state index contributed by atoms with van der Waals surface area (Å²) >= 11 is 0. The highest BCUT2D eigenvalue weighted by Crippen LogP contribution is 2.46. The van der Waals surface area contributed by atoms with E-state index in [9.17, 15) is 14.4 Å². The van der Waals surface area contributed by atoms with Crippen molar-refractivity contribution in [1.82, 2.24) is 4.90 Å². The zero-order valence-corrected chi connectivity index (χ0v) is 13.7. The number of nitrogens with zero attached hydrogens (tertiary/aromatic N) is 1. The van der Waals surface area contributed by atoms with Crippen molar-refractivity contribution in [2.45, 2.75) is 45.9 Å². The third kappa shape index (κ3) is 2.37. The van der Waals surface area contributed by atoms with Crippen LogP contribution in [0.4, 0.5) is 0 Å². The number of carbonyl (C=O) groups is 3. The van der Waals surface area contributed by atoms with Crippen molar-refractivity contribution in [1.29, 1.82) is 0 Å². The average Bonchev–Trinajstić information content (AvgIpc) is 2.95. The lowest BCUT2D eigenvalue weighted by atomic mass is 9.91. The first-order chi connectivity index (χ1) is 10.2. The number of amides is 1. The van der Waals surface area contributed by atoms with E-state index >= 15 is 0 Å². The van der Waals surface area contributed by atoms with Gasteiger partial charge in [-0.05, 0) is 6.92 Å². The molecule has 0 N–H and O–H groups in total. The first-order valence-corrected chi connectivity index (χ1v) is 7.39. The van der Waals surface area contributed by atoms with Gasteiger partial charge < -0.3 is 14.2 Å². The maximum absolute atomic E-state index is 12.7. The van der Waals surface area contributed by atoms with Crippen LogP contribution in [0.5, 0.6) is 0 Å². The third-order valence-electron chi connectivity index (χ3n) is 4.13. The van der Waals surface area contributed by atoms with Gasteiger partial charge in [0.2, 0.25) is 5.91 Å². The van der Waals surface area contributed by atoms with Crippen LogP contribution in [0, 0.1) is 11.3 Å². The molecule has 2 aliphatic heterocycles. The lowest BCUT2D eigenvalue weighted by Gasteiger charge is -2.36. The predicted octanol–water partition coefficient (Wildman–Crippen LogP) is 0.712. The maximum atomic E-state index is 12.7. The van der Waals surface area contributed by atoms with Gasteiger partial charge in [-0.1, -0.05) is 20.8 Å². The Bertz CT molecular complexity index is 497. The summed E-state index contributed by atoms with van der Waals surface area (Å²) in [6, 6.07) is 0. The van der Waals surface area contributed by atoms with Gasteiger partial charge >= 0.3 is 11.9 Å². The molecule has 0 saturated carbocycles. The quantitative estimate of drug-likeness (QED) is 0.564. The van der Waals surface area contributed by atoms with Crippen molar-refractivity contribution < 1.29 is 28.6 Å². The topological polar surface area (TPSA) is 82.1 Å². The summed E-state index contributed by atoms with van der Waals surface area (Å²) in [4.78, 5) is 38.5. The van der Waals surface area contributed by atoms with Gasteiger partial charge in [0, 0.05) is 11.8 Å². The van der Waals surface area contributed by atoms with Gasteiger partial charge in [-0.2, -0.15) is 0 Å². The number of hydrogen-bond acceptors (Lipinski definition) is 6. The number of rotatable bonds is 3. The first-order valence-electron chi connectivity index (χ1n) is 7.39. The Morgan fingerprint density at radius 3 is 2.55 bits per heavy atom. The second-order valence-electron chi connectivity index (χ2n) is 6.77. The molecule has 0 unspecified atom stereocenters. The fourth-order valence-electron chi connectivity index (χ4n) is 3.16. The highest BCUT2D eigenvalue weighted by molar-refractivity contribution is 6.04. The minimum Gasteiger partial charge on any atom is -0.467 e. The molecule has 124 valence electrons. The highest BCUT2D eigenvalue weighted by atomic mass is 16.6. The fraction of sp³-hybridized carbons (Fsp3) is 0.800. The summed E-state index contributed by atoms with van der Waals surface area (Å²) in [5.41, 5.74) is -1.63. The molecule has 1 amide bonds. The molecule has 0 aromatic rings. The smallest absolute Gasteiger partial charge is 0.334 e. The molecule has 0 aromatic heterocycles. The fourth-order valence-corrected chi connectivity index (χ4v) is 3.16. The summed E-state index contributed by atoms with van der Waals surface area (Å²) < 4.78 is 15.6. The molecular formula is C15H23NO6. The zero-order valence-electron chi connectivity index (χ0n) is 13.7. The van der Waals surface area contributed by atoms with Crippen LogP contribution in [-0.2, 0) is 28.6 Å². The molecule has 0 spiro atoms. The van der Waals surface area contributed by atoms with E-state index < -0.39 is 40.9 Å². The largest absolute Gasteiger partial charge is 0.467 e. The van der Waals surface area contributed by atoms with Gasteiger partial charge in [0.05, 0.1) is 20.3 Å². The molecule has 2 heterocycles. The molecule has 2 fully saturated rings. The molecule has 0 aliphatic carbocycles. The Balaban J connectivity index is 2.41. The van der Waals surface area contributed by atoms with E-state index in [0.29, 0.717) is 0 Å². The number of carbonyl (C=O) groups excluding carboxylic acids is 3. The molecule has 2 rings (SSSR count). The van der Waals surface area contributed by atoms with E-state index in [2.05, 4.69) is 0 Å². The average molecular weight is 313 g/mol. The summed E-state index contributed by atoms with van der Waals surface area (Å²) in [6.45, 7) is 7.63. The predicted molar refractivity (Wildman–Crippen MR) is 75.5 cm³/mol. The van der Waals surface area contributed by atoms with Crippen LogP contribution in [0.2, 0.25) is 0 Å². The molecule has 22 heavy (non-hydrogen) atoms. The molecule has 3 atom stereocenters. The molecule has 2 aliphatic rings. The molecule has 0 radical (unpaired) electrons. The van der Waals surface area contributed by atoms with Crippen LogP contribution in [0.3, 0.4) is 0 Å². The van der Waals surface area contributed by atoms with E-state index in [-0.39, 0.29) is 19.6 Å². The Morgan fingerprint density at radius 2 is 2.05 bits per heavy atom. The second-order valence-corrected chi connectivity index (χ2v) is 6.77. The van der Waals surface area contributed by atoms with Gasteiger partial charge in [-0.15, -0.1) is 0 Å². The summed E-state index contributed by atoms with van der Waals surface area (Å²) in [5, 5.41) is 0. The Labute approximate surface area is 129 Å². The number of fused-ring (bicyclic) bond motifs is 1. The first kappa shape index (κ1) is 16.7. The van der Waals surface area contributed by atoms with Crippen molar-refractivity contribution in [3.63, 3.8) is 0 Å². The SMILES string of the molecule is CCOC(=O)[C@@H]1C[C@]2(C(=O)OC)CO[C@@H](C(C)(C)C)N2C1=O. The monoisotopic (exact) mass is 313 g/mol. The Kier molecular flexibility index (Phi) is 4.21. The molecule has 0 aromatic carbocycles. The van der Waals surface area contributed by atoms with Gasteiger partial charge in [0.25, 0.3) is 0 Å². The number of esters is 2. The summed E-state index contributed by atoms with van der Waals surface area (Å²) in [7, 11) is 1.27. The van der Waals surface area contributed by atoms with Crippen LogP contribution in [0.25, 0.3) is 0 Å². The molecule has 7 nitrogen and oxygen atoms in total. The van der Waals surface area contributed by atoms with E-state index in [1.54, 1.807) is 6.92 Å². The van der Waals surface area contributed by atoms with Crippen LogP contribution in [0.15, 0.2) is 0 Å². The molecular weight excluding hydrogens is 290 g/mol. The standard InChI is InChI=1S/C15H23NO6/c1-6-21-11(18)9-7-15(13(19)20-5)8-22-12(14(2,3)4)16(15)10(9)17/h9,12H,6-8H2,1-5H3/t9-,12+,15-/m1/s1. The molecule has 7 heteroatoms. The lowest BCUT2D eigenvalue weighted by Crippen LogP contribution is -2.54. The van der Waals surface area contributed by atoms with E-state index in [0.717, 1.165) is 0 Å². The molecule has 0 bridgehead atoms. The Morgan fingerprint density at radius 1 is 1.41 bits per heavy atom. The van der Waals surface area contributed by atoms with Gasteiger partial charge in [0.15, 0.2) is 5.54 Å². The number of methoxy groups -OCH3 is 1. The van der Waals surface area contributed by atoms with Crippen molar-refractivity contribution >= 4 is 17.8 Å². The Hall–Kier alpha value is -1.63. The van der Waals surface area contributed by atoms with Crippen LogP contribution < -0.4 is 0 Å². The third-order valence-corrected chi connectivity index (χ3v) is 4.13. The zero-order chi connectivity index (χ0) is 16.7. The lowest BCUT2D eigenvalue weighted by molar-refractivity contribution is -0.160.